The lowest BCUT2D eigenvalue weighted by atomic mass is 10.4. The minimum absolute atomic E-state index is 0.392. The van der Waals surface area contributed by atoms with Gasteiger partial charge in [-0.1, -0.05) is 0 Å². The predicted molar refractivity (Wildman–Crippen MR) is 44.5 cm³/mol. The molecule has 2 aromatic rings. The summed E-state index contributed by atoms with van der Waals surface area (Å²) in [4.78, 5) is 22.1. The lowest BCUT2D eigenvalue weighted by Crippen LogP contribution is -2.06. The van der Waals surface area contributed by atoms with Crippen LogP contribution in [0.3, 0.4) is 0 Å². The molecule has 0 aliphatic heterocycles. The average molecular weight is 177 g/mol. The standard InChI is InChI=1S/C7H7N5O/c1-5-2-6(9-3-8-5)12-4-10-7(13)11-12/h2-4H,1H3,(H,11,13). The number of aromatic nitrogens is 5. The molecule has 0 aromatic carbocycles. The van der Waals surface area contributed by atoms with Crippen molar-refractivity contribution in [2.45, 2.75) is 6.92 Å². The van der Waals surface area contributed by atoms with E-state index in [2.05, 4.69) is 20.1 Å². The molecule has 0 fully saturated rings. The van der Waals surface area contributed by atoms with Crippen LogP contribution in [0.25, 0.3) is 5.82 Å². The number of H-pyrrole nitrogens is 1. The maximum atomic E-state index is 10.7. The molecule has 0 saturated heterocycles. The summed E-state index contributed by atoms with van der Waals surface area (Å²) in [5.41, 5.74) is 0.441. The van der Waals surface area contributed by atoms with Crippen molar-refractivity contribution in [3.63, 3.8) is 0 Å². The van der Waals surface area contributed by atoms with Crippen LogP contribution in [0.4, 0.5) is 0 Å². The van der Waals surface area contributed by atoms with Crippen molar-refractivity contribution in [2.24, 2.45) is 0 Å². The highest BCUT2D eigenvalue weighted by Gasteiger charge is 1.98. The maximum Gasteiger partial charge on any atom is 0.361 e. The van der Waals surface area contributed by atoms with Crippen LogP contribution in [0, 0.1) is 6.92 Å². The highest BCUT2D eigenvalue weighted by molar-refractivity contribution is 5.20. The van der Waals surface area contributed by atoms with Crippen LogP contribution >= 0.6 is 0 Å². The summed E-state index contributed by atoms with van der Waals surface area (Å²) < 4.78 is 1.44. The first-order valence-electron chi connectivity index (χ1n) is 3.68. The molecule has 13 heavy (non-hydrogen) atoms. The number of nitrogens with zero attached hydrogens (tertiary/aromatic N) is 4. The van der Waals surface area contributed by atoms with Gasteiger partial charge in [0.2, 0.25) is 0 Å². The molecule has 0 aliphatic carbocycles. The van der Waals surface area contributed by atoms with Crippen molar-refractivity contribution in [3.05, 3.63) is 34.9 Å². The molecular formula is C7H7N5O. The zero-order valence-corrected chi connectivity index (χ0v) is 6.93. The van der Waals surface area contributed by atoms with Gasteiger partial charge in [-0.05, 0) is 6.92 Å². The van der Waals surface area contributed by atoms with Crippen LogP contribution in [0.1, 0.15) is 5.69 Å². The summed E-state index contributed by atoms with van der Waals surface area (Å²) in [7, 11) is 0. The van der Waals surface area contributed by atoms with E-state index in [1.165, 1.54) is 17.3 Å². The fourth-order valence-electron chi connectivity index (χ4n) is 0.960. The SMILES string of the molecule is Cc1cc(-n2cnc(=O)[nH]2)ncn1. The van der Waals surface area contributed by atoms with Crippen LogP contribution in [0.15, 0.2) is 23.5 Å². The van der Waals surface area contributed by atoms with Gasteiger partial charge in [-0.3, -0.25) is 0 Å². The first kappa shape index (κ1) is 7.66. The van der Waals surface area contributed by atoms with E-state index >= 15 is 0 Å². The quantitative estimate of drug-likeness (QED) is 0.646. The van der Waals surface area contributed by atoms with Crippen molar-refractivity contribution in [1.29, 1.82) is 0 Å². The minimum atomic E-state index is -0.392. The Morgan fingerprint density at radius 2 is 2.23 bits per heavy atom. The highest BCUT2D eigenvalue weighted by atomic mass is 16.1. The zero-order valence-electron chi connectivity index (χ0n) is 6.93. The Hall–Kier alpha value is -1.98. The Morgan fingerprint density at radius 1 is 1.38 bits per heavy atom. The Labute approximate surface area is 73.3 Å². The average Bonchev–Trinajstić information content (AvgIpc) is 2.52. The van der Waals surface area contributed by atoms with Gasteiger partial charge in [0.15, 0.2) is 5.82 Å². The first-order chi connectivity index (χ1) is 6.25. The molecule has 1 N–H and O–H groups in total. The fourth-order valence-corrected chi connectivity index (χ4v) is 0.960. The van der Waals surface area contributed by atoms with E-state index in [0.29, 0.717) is 5.82 Å². The first-order valence-corrected chi connectivity index (χ1v) is 3.68. The van der Waals surface area contributed by atoms with Gasteiger partial charge in [-0.25, -0.2) is 24.5 Å². The van der Waals surface area contributed by atoms with Gasteiger partial charge in [0, 0.05) is 11.8 Å². The van der Waals surface area contributed by atoms with Gasteiger partial charge < -0.3 is 0 Å². The second-order valence-electron chi connectivity index (χ2n) is 2.55. The normalized spacial score (nSPS) is 10.2. The molecule has 2 rings (SSSR count). The summed E-state index contributed by atoms with van der Waals surface area (Å²) in [6.07, 6.45) is 2.81. The van der Waals surface area contributed by atoms with Crippen LogP contribution in [0.5, 0.6) is 0 Å². The van der Waals surface area contributed by atoms with E-state index < -0.39 is 5.69 Å². The predicted octanol–water partition coefficient (Wildman–Crippen LogP) is -0.341. The zero-order chi connectivity index (χ0) is 9.26. The number of aromatic amines is 1. The molecule has 0 radical (unpaired) electrons. The molecular weight excluding hydrogens is 170 g/mol. The number of aryl methyl sites for hydroxylation is 1. The minimum Gasteiger partial charge on any atom is -0.244 e. The van der Waals surface area contributed by atoms with Crippen molar-refractivity contribution >= 4 is 0 Å². The van der Waals surface area contributed by atoms with Crippen molar-refractivity contribution in [2.75, 3.05) is 0 Å². The molecule has 0 amide bonds. The summed E-state index contributed by atoms with van der Waals surface area (Å²) in [6.45, 7) is 1.85. The molecule has 2 aromatic heterocycles. The van der Waals surface area contributed by atoms with Gasteiger partial charge in [0.05, 0.1) is 0 Å². The summed E-state index contributed by atoms with van der Waals surface area (Å²) >= 11 is 0. The lowest BCUT2D eigenvalue weighted by Gasteiger charge is -1.98. The molecule has 66 valence electrons. The third-order valence-electron chi connectivity index (χ3n) is 1.54. The molecule has 0 unspecified atom stereocenters. The van der Waals surface area contributed by atoms with Crippen LogP contribution < -0.4 is 5.69 Å². The van der Waals surface area contributed by atoms with E-state index in [-0.39, 0.29) is 0 Å². The van der Waals surface area contributed by atoms with Gasteiger partial charge in [0.25, 0.3) is 0 Å². The van der Waals surface area contributed by atoms with Crippen LogP contribution in [-0.2, 0) is 0 Å². The van der Waals surface area contributed by atoms with Gasteiger partial charge in [0.1, 0.15) is 12.7 Å². The molecule has 0 atom stereocenters. The molecule has 0 bridgehead atoms. The fraction of sp³-hybridized carbons (Fsp3) is 0.143. The van der Waals surface area contributed by atoms with Crippen molar-refractivity contribution in [3.8, 4) is 5.82 Å². The Kier molecular flexibility index (Phi) is 1.66. The summed E-state index contributed by atoms with van der Waals surface area (Å²) in [5.74, 6) is 0.599. The number of rotatable bonds is 1. The van der Waals surface area contributed by atoms with Gasteiger partial charge in [-0.15, -0.1) is 0 Å². The summed E-state index contributed by atoms with van der Waals surface area (Å²) in [5, 5.41) is 2.48. The largest absolute Gasteiger partial charge is 0.361 e. The van der Waals surface area contributed by atoms with Crippen molar-refractivity contribution in [1.82, 2.24) is 24.7 Å². The van der Waals surface area contributed by atoms with Gasteiger partial charge in [-0.2, -0.15) is 4.98 Å². The van der Waals surface area contributed by atoms with E-state index in [4.69, 9.17) is 0 Å². The highest BCUT2D eigenvalue weighted by Crippen LogP contribution is 1.99. The van der Waals surface area contributed by atoms with E-state index in [1.807, 2.05) is 6.92 Å². The number of nitrogens with one attached hydrogen (secondary N) is 1. The second-order valence-corrected chi connectivity index (χ2v) is 2.55. The Morgan fingerprint density at radius 3 is 2.85 bits per heavy atom. The smallest absolute Gasteiger partial charge is 0.244 e. The van der Waals surface area contributed by atoms with E-state index in [1.54, 1.807) is 6.07 Å². The lowest BCUT2D eigenvalue weighted by molar-refractivity contribution is 0.822. The number of hydrogen-bond donors (Lipinski definition) is 1. The van der Waals surface area contributed by atoms with E-state index in [9.17, 15) is 4.79 Å². The Bertz CT molecular complexity index is 471. The molecule has 6 heteroatoms. The molecule has 0 spiro atoms. The second kappa shape index (κ2) is 2.81. The number of hydrogen-bond acceptors (Lipinski definition) is 4. The maximum absolute atomic E-state index is 10.7. The van der Waals surface area contributed by atoms with Crippen LogP contribution in [-0.4, -0.2) is 24.7 Å². The van der Waals surface area contributed by atoms with E-state index in [0.717, 1.165) is 5.69 Å². The molecule has 6 nitrogen and oxygen atoms in total. The molecule has 0 aliphatic rings. The monoisotopic (exact) mass is 177 g/mol. The third kappa shape index (κ3) is 1.46. The topological polar surface area (TPSA) is 76.5 Å². The van der Waals surface area contributed by atoms with Crippen molar-refractivity contribution < 1.29 is 0 Å². The summed E-state index contributed by atoms with van der Waals surface area (Å²) in [6, 6.07) is 1.75. The van der Waals surface area contributed by atoms with Crippen LogP contribution in [0.2, 0.25) is 0 Å². The van der Waals surface area contributed by atoms with Gasteiger partial charge >= 0.3 is 5.69 Å². The molecule has 0 saturated carbocycles. The molecule has 2 heterocycles. The Balaban J connectivity index is 2.52. The third-order valence-corrected chi connectivity index (χ3v) is 1.54.